The highest BCUT2D eigenvalue weighted by Gasteiger charge is 2.21. The molecule has 20 heavy (non-hydrogen) atoms. The molecule has 2 rings (SSSR count). The van der Waals surface area contributed by atoms with E-state index in [0.717, 1.165) is 24.2 Å². The van der Waals surface area contributed by atoms with E-state index in [-0.39, 0.29) is 6.10 Å². The SMILES string of the molecule is NCc1ccc(C2CN(CCOC(=O)Cl)CCO2)cc1. The third-order valence-corrected chi connectivity index (χ3v) is 3.47. The van der Waals surface area contributed by atoms with Crippen LogP contribution in [0.3, 0.4) is 0 Å². The van der Waals surface area contributed by atoms with Gasteiger partial charge in [0.15, 0.2) is 0 Å². The number of hydrogen-bond donors (Lipinski definition) is 1. The second-order valence-corrected chi connectivity index (χ2v) is 5.00. The summed E-state index contributed by atoms with van der Waals surface area (Å²) in [4.78, 5) is 12.7. The number of nitrogens with two attached hydrogens (primary N) is 1. The van der Waals surface area contributed by atoms with Crippen molar-refractivity contribution in [3.05, 3.63) is 35.4 Å². The monoisotopic (exact) mass is 298 g/mol. The van der Waals surface area contributed by atoms with Crippen molar-refractivity contribution < 1.29 is 14.3 Å². The molecule has 1 saturated heterocycles. The van der Waals surface area contributed by atoms with Crippen LogP contribution in [0.25, 0.3) is 0 Å². The zero-order valence-corrected chi connectivity index (χ0v) is 12.0. The molecular formula is C14H19ClN2O3. The maximum Gasteiger partial charge on any atom is 0.403 e. The maximum absolute atomic E-state index is 10.5. The molecule has 0 aromatic heterocycles. The van der Waals surface area contributed by atoms with Gasteiger partial charge >= 0.3 is 5.43 Å². The summed E-state index contributed by atoms with van der Waals surface area (Å²) < 4.78 is 10.5. The largest absolute Gasteiger partial charge is 0.452 e. The first-order valence-electron chi connectivity index (χ1n) is 6.64. The van der Waals surface area contributed by atoms with Crippen LogP contribution in [0.15, 0.2) is 24.3 Å². The minimum absolute atomic E-state index is 0.0438. The van der Waals surface area contributed by atoms with Crippen LogP contribution in [0, 0.1) is 0 Å². The van der Waals surface area contributed by atoms with E-state index in [9.17, 15) is 4.79 Å². The number of halogens is 1. The standard InChI is InChI=1S/C14H19ClN2O3/c15-14(18)20-8-6-17-5-7-19-13(10-17)12-3-1-11(9-16)2-4-12/h1-4,13H,5-10,16H2. The molecule has 6 heteroatoms. The van der Waals surface area contributed by atoms with Gasteiger partial charge in [-0.2, -0.15) is 0 Å². The van der Waals surface area contributed by atoms with Crippen molar-refractivity contribution in [3.8, 4) is 0 Å². The van der Waals surface area contributed by atoms with Crippen LogP contribution in [0.2, 0.25) is 0 Å². The Balaban J connectivity index is 1.87. The second kappa shape index (κ2) is 7.59. The Hall–Kier alpha value is -1.14. The van der Waals surface area contributed by atoms with Gasteiger partial charge in [-0.05, 0) is 11.1 Å². The Morgan fingerprint density at radius 2 is 2.20 bits per heavy atom. The van der Waals surface area contributed by atoms with E-state index < -0.39 is 5.43 Å². The number of carbonyl (C=O) groups is 1. The van der Waals surface area contributed by atoms with Gasteiger partial charge in [0.1, 0.15) is 6.61 Å². The van der Waals surface area contributed by atoms with Gasteiger partial charge in [0.05, 0.1) is 12.7 Å². The number of hydrogen-bond acceptors (Lipinski definition) is 5. The second-order valence-electron chi connectivity index (χ2n) is 4.69. The van der Waals surface area contributed by atoms with Gasteiger partial charge in [-0.1, -0.05) is 24.3 Å². The molecule has 0 aliphatic carbocycles. The van der Waals surface area contributed by atoms with Gasteiger partial charge in [0.25, 0.3) is 0 Å². The van der Waals surface area contributed by atoms with Crippen LogP contribution in [-0.2, 0) is 16.0 Å². The summed E-state index contributed by atoms with van der Waals surface area (Å²) in [5.74, 6) is 0. The molecule has 0 amide bonds. The number of morpholine rings is 1. The van der Waals surface area contributed by atoms with Gasteiger partial charge in [-0.25, -0.2) is 4.79 Å². The summed E-state index contributed by atoms with van der Waals surface area (Å²) in [6, 6.07) is 8.14. The molecule has 1 atom stereocenters. The van der Waals surface area contributed by atoms with Gasteiger partial charge < -0.3 is 15.2 Å². The Morgan fingerprint density at radius 1 is 1.45 bits per heavy atom. The molecule has 2 N–H and O–H groups in total. The summed E-state index contributed by atoms with van der Waals surface area (Å²) in [7, 11) is 0. The van der Waals surface area contributed by atoms with Crippen LogP contribution >= 0.6 is 11.6 Å². The first-order chi connectivity index (χ1) is 9.69. The molecule has 1 aliphatic heterocycles. The lowest BCUT2D eigenvalue weighted by molar-refractivity contribution is -0.0339. The Labute approximate surface area is 123 Å². The van der Waals surface area contributed by atoms with Crippen molar-refractivity contribution in [2.75, 3.05) is 32.8 Å². The predicted octanol–water partition coefficient (Wildman–Crippen LogP) is 1.89. The van der Waals surface area contributed by atoms with Gasteiger partial charge in [0, 0.05) is 37.8 Å². The molecule has 1 unspecified atom stereocenters. The lowest BCUT2D eigenvalue weighted by Crippen LogP contribution is -2.40. The third-order valence-electron chi connectivity index (χ3n) is 3.36. The number of carbonyl (C=O) groups excluding carboxylic acids is 1. The number of benzene rings is 1. The molecule has 5 nitrogen and oxygen atoms in total. The molecule has 1 fully saturated rings. The molecule has 110 valence electrons. The minimum atomic E-state index is -0.757. The zero-order valence-electron chi connectivity index (χ0n) is 11.3. The Morgan fingerprint density at radius 3 is 2.85 bits per heavy atom. The van der Waals surface area contributed by atoms with Crippen molar-refractivity contribution in [1.82, 2.24) is 4.90 Å². The van der Waals surface area contributed by atoms with Crippen LogP contribution in [0.4, 0.5) is 4.79 Å². The minimum Gasteiger partial charge on any atom is -0.452 e. The molecule has 0 spiro atoms. The van der Waals surface area contributed by atoms with E-state index in [1.807, 2.05) is 12.1 Å². The molecular weight excluding hydrogens is 280 g/mol. The molecule has 0 radical (unpaired) electrons. The molecule has 0 bridgehead atoms. The summed E-state index contributed by atoms with van der Waals surface area (Å²) in [6.07, 6.45) is 0.0438. The van der Waals surface area contributed by atoms with E-state index in [1.165, 1.54) is 0 Å². The Bertz CT molecular complexity index is 439. The number of nitrogens with zero attached hydrogens (tertiary/aromatic N) is 1. The first kappa shape index (κ1) is 15.3. The van der Waals surface area contributed by atoms with Crippen molar-refractivity contribution >= 4 is 17.0 Å². The van der Waals surface area contributed by atoms with E-state index in [1.54, 1.807) is 0 Å². The quantitative estimate of drug-likeness (QED) is 0.841. The maximum atomic E-state index is 10.5. The average Bonchev–Trinajstić information content (AvgIpc) is 2.47. The van der Waals surface area contributed by atoms with E-state index >= 15 is 0 Å². The van der Waals surface area contributed by atoms with E-state index in [2.05, 4.69) is 17.0 Å². The first-order valence-corrected chi connectivity index (χ1v) is 7.02. The van der Waals surface area contributed by atoms with Crippen molar-refractivity contribution in [2.24, 2.45) is 5.73 Å². The lowest BCUT2D eigenvalue weighted by Gasteiger charge is -2.32. The topological polar surface area (TPSA) is 64.8 Å². The van der Waals surface area contributed by atoms with E-state index in [0.29, 0.717) is 26.3 Å². The molecule has 1 aliphatic rings. The fraction of sp³-hybridized carbons (Fsp3) is 0.500. The highest BCUT2D eigenvalue weighted by molar-refractivity contribution is 6.61. The fourth-order valence-electron chi connectivity index (χ4n) is 2.23. The summed E-state index contributed by atoms with van der Waals surface area (Å²) in [5.41, 5.74) is 7.08. The summed E-state index contributed by atoms with van der Waals surface area (Å²) in [5, 5.41) is 0. The Kier molecular flexibility index (Phi) is 5.79. The van der Waals surface area contributed by atoms with Crippen LogP contribution < -0.4 is 5.73 Å². The van der Waals surface area contributed by atoms with Crippen molar-refractivity contribution in [1.29, 1.82) is 0 Å². The normalized spacial score (nSPS) is 19.8. The lowest BCUT2D eigenvalue weighted by atomic mass is 10.1. The summed E-state index contributed by atoms with van der Waals surface area (Å²) >= 11 is 5.13. The number of ether oxygens (including phenoxy) is 2. The third kappa shape index (κ3) is 4.45. The fourth-order valence-corrected chi connectivity index (χ4v) is 2.31. The van der Waals surface area contributed by atoms with Crippen LogP contribution in [-0.4, -0.2) is 43.2 Å². The van der Waals surface area contributed by atoms with Gasteiger partial charge in [-0.3, -0.25) is 4.90 Å². The summed E-state index contributed by atoms with van der Waals surface area (Å²) in [6.45, 7) is 3.79. The van der Waals surface area contributed by atoms with Crippen molar-refractivity contribution in [3.63, 3.8) is 0 Å². The van der Waals surface area contributed by atoms with Crippen LogP contribution in [0.5, 0.6) is 0 Å². The molecule has 1 heterocycles. The predicted molar refractivity (Wildman–Crippen MR) is 76.7 cm³/mol. The smallest absolute Gasteiger partial charge is 0.403 e. The van der Waals surface area contributed by atoms with Crippen molar-refractivity contribution in [2.45, 2.75) is 12.6 Å². The molecule has 1 aromatic rings. The number of rotatable bonds is 5. The van der Waals surface area contributed by atoms with Gasteiger partial charge in [0.2, 0.25) is 0 Å². The molecule has 0 saturated carbocycles. The molecule has 1 aromatic carbocycles. The average molecular weight is 299 g/mol. The highest BCUT2D eigenvalue weighted by atomic mass is 35.5. The highest BCUT2D eigenvalue weighted by Crippen LogP contribution is 2.22. The zero-order chi connectivity index (χ0) is 14.4. The van der Waals surface area contributed by atoms with Gasteiger partial charge in [-0.15, -0.1) is 0 Å². The van der Waals surface area contributed by atoms with Crippen LogP contribution in [0.1, 0.15) is 17.2 Å². The van der Waals surface area contributed by atoms with E-state index in [4.69, 9.17) is 26.8 Å².